The number of fused-ring (bicyclic) bond motifs is 1. The van der Waals surface area contributed by atoms with Crippen LogP contribution in [0.1, 0.15) is 22.0 Å². The quantitative estimate of drug-likeness (QED) is 0.142. The van der Waals surface area contributed by atoms with Crippen LogP contribution in [0.4, 0.5) is 0 Å². The number of phenols is 3. The number of nitrogens with one attached hydrogen (secondary N) is 2. The lowest BCUT2D eigenvalue weighted by Gasteiger charge is -2.49. The number of β-lactam (4-membered cyclic amide) rings is 1. The number of amides is 3. The fourth-order valence-electron chi connectivity index (χ4n) is 4.41. The summed E-state index contributed by atoms with van der Waals surface area (Å²) in [6, 6.07) is 6.34. The molecule has 2 aromatic carbocycles. The Bertz CT molecular complexity index is 1610. The molecule has 5 rings (SSSR count). The highest BCUT2D eigenvalue weighted by Crippen LogP contribution is 2.41. The maximum absolute atomic E-state index is 13.5. The Morgan fingerprint density at radius 3 is 2.48 bits per heavy atom. The number of tetrazole rings is 1. The number of hydrogen-bond donors (Lipinski definition) is 6. The van der Waals surface area contributed by atoms with Gasteiger partial charge in [-0.2, -0.15) is 0 Å². The number of carboxylic acid groups (broad SMARTS) is 1. The highest BCUT2D eigenvalue weighted by Gasteiger charge is 2.54. The van der Waals surface area contributed by atoms with Crippen LogP contribution in [0.2, 0.25) is 0 Å². The first-order valence-electron chi connectivity index (χ1n) is 12.2. The topological polar surface area (TPSA) is 220 Å². The molecule has 2 aliphatic rings. The van der Waals surface area contributed by atoms with Crippen molar-refractivity contribution in [3.05, 3.63) is 64.9 Å². The van der Waals surface area contributed by atoms with Crippen LogP contribution >= 0.6 is 23.5 Å². The van der Waals surface area contributed by atoms with Crippen LogP contribution < -0.4 is 10.6 Å². The number of rotatable bonds is 9. The Morgan fingerprint density at radius 2 is 1.83 bits per heavy atom. The lowest BCUT2D eigenvalue weighted by atomic mass is 10.0. The van der Waals surface area contributed by atoms with Crippen LogP contribution in [0.25, 0.3) is 0 Å². The lowest BCUT2D eigenvalue weighted by Crippen LogP contribution is -2.71. The van der Waals surface area contributed by atoms with Crippen molar-refractivity contribution in [3.8, 4) is 17.2 Å². The van der Waals surface area contributed by atoms with Gasteiger partial charge in [-0.3, -0.25) is 19.3 Å². The van der Waals surface area contributed by atoms with E-state index in [0.717, 1.165) is 11.0 Å². The SMILES string of the molecule is Cn1nnnc1SCC1=C(C(=O)O)N2C(=O)C(NC(=O)C(NC(=O)c3ccc(O)cc3O)c3ccc(O)cc3)[C@H]2SC1. The molecule has 42 heavy (non-hydrogen) atoms. The largest absolute Gasteiger partial charge is 0.508 e. The summed E-state index contributed by atoms with van der Waals surface area (Å²) in [5, 5.41) is 55.3. The third kappa shape index (κ3) is 5.55. The van der Waals surface area contributed by atoms with Gasteiger partial charge in [0.15, 0.2) is 0 Å². The fraction of sp³-hybridized carbons (Fsp3) is 0.240. The molecule has 17 heteroatoms. The van der Waals surface area contributed by atoms with Crippen LogP contribution in [0.5, 0.6) is 17.2 Å². The molecule has 15 nitrogen and oxygen atoms in total. The summed E-state index contributed by atoms with van der Waals surface area (Å²) >= 11 is 2.51. The molecule has 2 unspecified atom stereocenters. The summed E-state index contributed by atoms with van der Waals surface area (Å²) in [5.41, 5.74) is 0.387. The van der Waals surface area contributed by atoms with Crippen molar-refractivity contribution in [2.24, 2.45) is 7.05 Å². The highest BCUT2D eigenvalue weighted by molar-refractivity contribution is 8.01. The van der Waals surface area contributed by atoms with Gasteiger partial charge in [0.25, 0.3) is 11.8 Å². The van der Waals surface area contributed by atoms with Gasteiger partial charge in [-0.25, -0.2) is 9.48 Å². The van der Waals surface area contributed by atoms with Crippen molar-refractivity contribution in [2.45, 2.75) is 22.6 Å². The number of thioether (sulfide) groups is 2. The summed E-state index contributed by atoms with van der Waals surface area (Å²) in [6.07, 6.45) is 0. The Hall–Kier alpha value is -4.77. The minimum Gasteiger partial charge on any atom is -0.508 e. The summed E-state index contributed by atoms with van der Waals surface area (Å²) in [4.78, 5) is 52.9. The third-order valence-electron chi connectivity index (χ3n) is 6.49. The molecule has 0 spiro atoms. The molecule has 2 aliphatic heterocycles. The predicted molar refractivity (Wildman–Crippen MR) is 147 cm³/mol. The van der Waals surface area contributed by atoms with E-state index in [2.05, 4.69) is 26.2 Å². The highest BCUT2D eigenvalue weighted by atomic mass is 32.2. The third-order valence-corrected chi connectivity index (χ3v) is 8.93. The van der Waals surface area contributed by atoms with Gasteiger partial charge in [-0.05, 0) is 45.8 Å². The standard InChI is InChI=1S/C25H23N7O8S2/c1-31-25(28-29-30-31)42-10-12-9-41-23-18(22(38)32(23)19(12)24(39)40)27-21(37)17(11-2-4-13(33)5-3-11)26-20(36)15-7-6-14(34)8-16(15)35/h2-8,17-18,23,33-35H,9-10H2,1H3,(H,26,36)(H,27,37)(H,39,40)/t17?,18?,23-/m1/s1. The van der Waals surface area contributed by atoms with E-state index in [0.29, 0.717) is 10.7 Å². The van der Waals surface area contributed by atoms with Crippen molar-refractivity contribution >= 4 is 47.2 Å². The van der Waals surface area contributed by atoms with Crippen molar-refractivity contribution in [1.82, 2.24) is 35.7 Å². The Labute approximate surface area is 245 Å². The van der Waals surface area contributed by atoms with E-state index in [4.69, 9.17) is 0 Å². The van der Waals surface area contributed by atoms with Crippen LogP contribution in [0.15, 0.2) is 58.9 Å². The number of carboxylic acids is 1. The fourth-order valence-corrected chi connectivity index (χ4v) is 6.75. The summed E-state index contributed by atoms with van der Waals surface area (Å²) in [5.74, 6) is -3.89. The van der Waals surface area contributed by atoms with Gasteiger partial charge in [-0.15, -0.1) is 16.9 Å². The molecule has 3 heterocycles. The normalized spacial score (nSPS) is 18.6. The number of carbonyl (C=O) groups excluding carboxylic acids is 3. The number of benzene rings is 2. The van der Waals surface area contributed by atoms with E-state index in [1.54, 1.807) is 7.05 Å². The molecule has 3 amide bonds. The molecule has 3 atom stereocenters. The van der Waals surface area contributed by atoms with E-state index in [9.17, 15) is 39.6 Å². The van der Waals surface area contributed by atoms with Gasteiger partial charge in [0.1, 0.15) is 40.4 Å². The first-order valence-corrected chi connectivity index (χ1v) is 14.3. The zero-order chi connectivity index (χ0) is 30.1. The molecule has 0 aliphatic carbocycles. The molecule has 218 valence electrons. The Kier molecular flexibility index (Phi) is 7.95. The number of carbonyl (C=O) groups is 4. The van der Waals surface area contributed by atoms with Gasteiger partial charge >= 0.3 is 5.97 Å². The molecule has 1 fully saturated rings. The number of aryl methyl sites for hydroxylation is 1. The van der Waals surface area contributed by atoms with Crippen LogP contribution in [-0.4, -0.2) is 92.1 Å². The number of phenolic OH excluding ortho intramolecular Hbond substituents is 3. The number of aliphatic carboxylic acids is 1. The number of aromatic hydroxyl groups is 3. The van der Waals surface area contributed by atoms with E-state index in [-0.39, 0.29) is 39.8 Å². The van der Waals surface area contributed by atoms with Gasteiger partial charge in [0, 0.05) is 24.6 Å². The molecule has 1 aromatic heterocycles. The van der Waals surface area contributed by atoms with Crippen LogP contribution in [0, 0.1) is 0 Å². The first kappa shape index (κ1) is 28.7. The summed E-state index contributed by atoms with van der Waals surface area (Å²) in [7, 11) is 1.65. The average Bonchev–Trinajstić information content (AvgIpc) is 3.37. The van der Waals surface area contributed by atoms with Crippen molar-refractivity contribution in [1.29, 1.82) is 0 Å². The first-order chi connectivity index (χ1) is 20.0. The summed E-state index contributed by atoms with van der Waals surface area (Å²) < 4.78 is 1.44. The van der Waals surface area contributed by atoms with Crippen molar-refractivity contribution in [3.63, 3.8) is 0 Å². The van der Waals surface area contributed by atoms with E-state index in [1.165, 1.54) is 64.6 Å². The predicted octanol–water partition coefficient (Wildman–Crippen LogP) is 0.329. The molecule has 0 radical (unpaired) electrons. The Morgan fingerprint density at radius 1 is 1.12 bits per heavy atom. The van der Waals surface area contributed by atoms with Crippen molar-refractivity contribution < 1.29 is 39.6 Å². The monoisotopic (exact) mass is 613 g/mol. The van der Waals surface area contributed by atoms with E-state index >= 15 is 0 Å². The molecule has 6 N–H and O–H groups in total. The minimum absolute atomic E-state index is 0.0822. The maximum Gasteiger partial charge on any atom is 0.352 e. The maximum atomic E-state index is 13.5. The number of aromatic nitrogens is 4. The van der Waals surface area contributed by atoms with Crippen molar-refractivity contribution in [2.75, 3.05) is 11.5 Å². The van der Waals surface area contributed by atoms with Gasteiger partial charge in [0.2, 0.25) is 11.1 Å². The van der Waals surface area contributed by atoms with E-state index in [1.807, 2.05) is 0 Å². The molecule has 1 saturated heterocycles. The molecular formula is C25H23N7O8S2. The lowest BCUT2D eigenvalue weighted by molar-refractivity contribution is -0.151. The molecule has 0 saturated carbocycles. The van der Waals surface area contributed by atoms with Gasteiger partial charge < -0.3 is 31.1 Å². The molecule has 0 bridgehead atoms. The van der Waals surface area contributed by atoms with Crippen LogP contribution in [0.3, 0.4) is 0 Å². The zero-order valence-electron chi connectivity index (χ0n) is 21.7. The number of nitrogens with zero attached hydrogens (tertiary/aromatic N) is 5. The smallest absolute Gasteiger partial charge is 0.352 e. The molecule has 3 aromatic rings. The zero-order valence-corrected chi connectivity index (χ0v) is 23.3. The Balaban J connectivity index is 1.34. The van der Waals surface area contributed by atoms with E-state index < -0.39 is 46.9 Å². The van der Waals surface area contributed by atoms with Gasteiger partial charge in [-0.1, -0.05) is 23.9 Å². The van der Waals surface area contributed by atoms with Gasteiger partial charge in [0.05, 0.1) is 5.56 Å². The second-order valence-corrected chi connectivity index (χ2v) is 11.3. The minimum atomic E-state index is -1.36. The average molecular weight is 614 g/mol. The molecular weight excluding hydrogens is 590 g/mol. The van der Waals surface area contributed by atoms with Crippen LogP contribution in [-0.2, 0) is 21.4 Å². The number of hydrogen-bond acceptors (Lipinski definition) is 12. The second kappa shape index (κ2) is 11.6. The second-order valence-electron chi connectivity index (χ2n) is 9.23. The summed E-state index contributed by atoms with van der Waals surface area (Å²) in [6.45, 7) is 0.